The minimum atomic E-state index is -1.63. The van der Waals surface area contributed by atoms with Gasteiger partial charge in [0.05, 0.1) is 18.9 Å². The minimum absolute atomic E-state index is 0.459. The van der Waals surface area contributed by atoms with Crippen LogP contribution in [0.5, 0.6) is 0 Å². The van der Waals surface area contributed by atoms with Crippen LogP contribution >= 0.6 is 0 Å². The number of hydrogen-bond donors (Lipinski definition) is 8. The van der Waals surface area contributed by atoms with E-state index in [2.05, 4.69) is 10.6 Å². The highest BCUT2D eigenvalue weighted by Gasteiger charge is 2.32. The van der Waals surface area contributed by atoms with Crippen LogP contribution in [0.25, 0.3) is 0 Å². The van der Waals surface area contributed by atoms with Crippen LogP contribution in [0.4, 0.5) is 0 Å². The predicted octanol–water partition coefficient (Wildman–Crippen LogP) is -3.28. The molecule has 0 heterocycles. The van der Waals surface area contributed by atoms with Crippen molar-refractivity contribution < 1.29 is 48.9 Å². The van der Waals surface area contributed by atoms with E-state index in [-0.39, 0.29) is 0 Å². The average Bonchev–Trinajstić information content (AvgIpc) is 2.66. The Balaban J connectivity index is 5.47. The molecule has 0 saturated carbocycles. The summed E-state index contributed by atoms with van der Waals surface area (Å²) in [4.78, 5) is 81.3. The van der Waals surface area contributed by atoms with E-state index in [0.717, 1.165) is 0 Å². The normalized spacial score (nSPS) is 14.3. The molecular formula is C18H29N5O10. The third-order valence-electron chi connectivity index (χ3n) is 4.28. The Morgan fingerprint density at radius 3 is 1.73 bits per heavy atom. The van der Waals surface area contributed by atoms with Crippen molar-refractivity contribution in [1.29, 1.82) is 0 Å². The molecule has 0 aliphatic heterocycles. The van der Waals surface area contributed by atoms with Gasteiger partial charge in [-0.3, -0.25) is 28.8 Å². The molecule has 4 atom stereocenters. The highest BCUT2D eigenvalue weighted by molar-refractivity contribution is 5.96. The maximum Gasteiger partial charge on any atom is 0.326 e. The summed E-state index contributed by atoms with van der Waals surface area (Å²) >= 11 is 0. The summed E-state index contributed by atoms with van der Waals surface area (Å²) in [5.41, 5.74) is 10.6. The zero-order valence-corrected chi connectivity index (χ0v) is 18.1. The molecule has 4 unspecified atom stereocenters. The average molecular weight is 475 g/mol. The van der Waals surface area contributed by atoms with Gasteiger partial charge in [-0.2, -0.15) is 0 Å². The molecule has 0 fully saturated rings. The van der Waals surface area contributed by atoms with Crippen molar-refractivity contribution >= 4 is 41.5 Å². The van der Waals surface area contributed by atoms with Gasteiger partial charge < -0.3 is 42.7 Å². The first-order valence-corrected chi connectivity index (χ1v) is 9.77. The number of nitrogens with one attached hydrogen (secondary N) is 3. The molecule has 10 N–H and O–H groups in total. The largest absolute Gasteiger partial charge is 0.481 e. The lowest BCUT2D eigenvalue weighted by Gasteiger charge is -2.26. The van der Waals surface area contributed by atoms with Gasteiger partial charge in [-0.1, -0.05) is 13.8 Å². The van der Waals surface area contributed by atoms with E-state index in [1.54, 1.807) is 0 Å². The fraction of sp³-hybridized carbons (Fsp3) is 0.611. The first-order chi connectivity index (χ1) is 15.1. The van der Waals surface area contributed by atoms with Crippen molar-refractivity contribution in [2.24, 2.45) is 17.4 Å². The molecule has 15 heteroatoms. The quantitative estimate of drug-likeness (QED) is 0.116. The molecule has 0 aromatic heterocycles. The van der Waals surface area contributed by atoms with Crippen molar-refractivity contribution in [3.8, 4) is 0 Å². The van der Waals surface area contributed by atoms with E-state index < -0.39 is 97.3 Å². The molecule has 15 nitrogen and oxygen atoms in total. The number of amides is 4. The van der Waals surface area contributed by atoms with Gasteiger partial charge >= 0.3 is 17.9 Å². The number of carbonyl (C=O) groups is 7. The molecule has 0 aliphatic carbocycles. The monoisotopic (exact) mass is 475 g/mol. The van der Waals surface area contributed by atoms with Gasteiger partial charge in [0, 0.05) is 6.42 Å². The summed E-state index contributed by atoms with van der Waals surface area (Å²) in [6, 6.07) is -5.99. The standard InChI is InChI=1S/C18H29N5O10/c1-7(2)14(23-15(29)8(19)5-13(27)28)17(31)22-10(6-11(20)24)16(30)21-9(18(32)33)3-4-12(25)26/h7-10,14H,3-6,19H2,1-2H3,(H2,20,24)(H,21,30)(H,22,31)(H,23,29)(H,25,26)(H,27,28)(H,32,33). The first kappa shape index (κ1) is 29.2. The van der Waals surface area contributed by atoms with Crippen LogP contribution in [-0.2, 0) is 33.6 Å². The van der Waals surface area contributed by atoms with Crippen LogP contribution < -0.4 is 27.4 Å². The fourth-order valence-corrected chi connectivity index (χ4v) is 2.55. The van der Waals surface area contributed by atoms with Crippen molar-refractivity contribution in [3.05, 3.63) is 0 Å². The summed E-state index contributed by atoms with van der Waals surface area (Å²) < 4.78 is 0. The Bertz CT molecular complexity index is 785. The lowest BCUT2D eigenvalue weighted by Crippen LogP contribution is -2.59. The van der Waals surface area contributed by atoms with E-state index in [1.807, 2.05) is 5.32 Å². The van der Waals surface area contributed by atoms with Crippen LogP contribution in [0, 0.1) is 5.92 Å². The lowest BCUT2D eigenvalue weighted by atomic mass is 10.0. The second kappa shape index (κ2) is 13.6. The Hall–Kier alpha value is -3.75. The number of rotatable bonds is 15. The highest BCUT2D eigenvalue weighted by atomic mass is 16.4. The Morgan fingerprint density at radius 1 is 0.758 bits per heavy atom. The number of carboxylic acids is 3. The molecule has 0 saturated heterocycles. The molecule has 4 amide bonds. The predicted molar refractivity (Wildman–Crippen MR) is 109 cm³/mol. The minimum Gasteiger partial charge on any atom is -0.481 e. The van der Waals surface area contributed by atoms with E-state index in [0.29, 0.717) is 0 Å². The molecule has 0 bridgehead atoms. The number of nitrogens with two attached hydrogens (primary N) is 2. The number of carboxylic acid groups (broad SMARTS) is 3. The molecule has 0 aromatic carbocycles. The van der Waals surface area contributed by atoms with Gasteiger partial charge in [0.2, 0.25) is 23.6 Å². The summed E-state index contributed by atoms with van der Waals surface area (Å²) in [7, 11) is 0. The van der Waals surface area contributed by atoms with Gasteiger partial charge in [-0.15, -0.1) is 0 Å². The summed E-state index contributed by atoms with van der Waals surface area (Å²) in [5.74, 6) is -8.75. The second-order valence-electron chi connectivity index (χ2n) is 7.50. The molecule has 0 aliphatic rings. The number of aliphatic carboxylic acids is 3. The first-order valence-electron chi connectivity index (χ1n) is 9.77. The lowest BCUT2D eigenvalue weighted by molar-refractivity contribution is -0.143. The number of carbonyl (C=O) groups excluding carboxylic acids is 4. The topological polar surface area (TPSA) is 268 Å². The molecular weight excluding hydrogens is 446 g/mol. The zero-order valence-electron chi connectivity index (χ0n) is 18.1. The van der Waals surface area contributed by atoms with Crippen molar-refractivity contribution in [1.82, 2.24) is 16.0 Å². The van der Waals surface area contributed by atoms with Gasteiger partial charge in [-0.05, 0) is 12.3 Å². The highest BCUT2D eigenvalue weighted by Crippen LogP contribution is 2.06. The molecule has 0 rings (SSSR count). The summed E-state index contributed by atoms with van der Waals surface area (Å²) in [5, 5.41) is 33.1. The zero-order chi connectivity index (χ0) is 25.9. The van der Waals surface area contributed by atoms with Crippen molar-refractivity contribution in [3.63, 3.8) is 0 Å². The van der Waals surface area contributed by atoms with Gasteiger partial charge in [0.25, 0.3) is 0 Å². The molecule has 33 heavy (non-hydrogen) atoms. The van der Waals surface area contributed by atoms with Crippen LogP contribution in [-0.4, -0.2) is 81.0 Å². The van der Waals surface area contributed by atoms with E-state index in [4.69, 9.17) is 26.8 Å². The second-order valence-corrected chi connectivity index (χ2v) is 7.50. The fourth-order valence-electron chi connectivity index (χ4n) is 2.55. The third-order valence-corrected chi connectivity index (χ3v) is 4.28. The van der Waals surface area contributed by atoms with E-state index in [1.165, 1.54) is 13.8 Å². The van der Waals surface area contributed by atoms with Gasteiger partial charge in [0.1, 0.15) is 18.1 Å². The van der Waals surface area contributed by atoms with Crippen LogP contribution in [0.1, 0.15) is 39.5 Å². The number of hydrogen-bond acceptors (Lipinski definition) is 8. The van der Waals surface area contributed by atoms with Crippen molar-refractivity contribution in [2.45, 2.75) is 63.7 Å². The molecule has 0 radical (unpaired) electrons. The maximum atomic E-state index is 12.7. The Labute approximate surface area is 188 Å². The summed E-state index contributed by atoms with van der Waals surface area (Å²) in [6.07, 6.45) is -2.44. The Morgan fingerprint density at radius 2 is 1.30 bits per heavy atom. The van der Waals surface area contributed by atoms with Gasteiger partial charge in [-0.25, -0.2) is 4.79 Å². The Kier molecular flexibility index (Phi) is 12.1. The molecule has 0 spiro atoms. The smallest absolute Gasteiger partial charge is 0.326 e. The third kappa shape index (κ3) is 11.4. The van der Waals surface area contributed by atoms with Gasteiger partial charge in [0.15, 0.2) is 0 Å². The molecule has 0 aromatic rings. The summed E-state index contributed by atoms with van der Waals surface area (Å²) in [6.45, 7) is 3.06. The SMILES string of the molecule is CC(C)C(NC(=O)C(N)CC(=O)O)C(=O)NC(CC(N)=O)C(=O)NC(CCC(=O)O)C(=O)O. The van der Waals surface area contributed by atoms with Crippen molar-refractivity contribution in [2.75, 3.05) is 0 Å². The number of primary amides is 1. The van der Waals surface area contributed by atoms with Crippen LogP contribution in [0.2, 0.25) is 0 Å². The van der Waals surface area contributed by atoms with Crippen LogP contribution in [0.3, 0.4) is 0 Å². The van der Waals surface area contributed by atoms with E-state index >= 15 is 0 Å². The maximum absolute atomic E-state index is 12.7. The van der Waals surface area contributed by atoms with Crippen LogP contribution in [0.15, 0.2) is 0 Å². The molecule has 186 valence electrons. The van der Waals surface area contributed by atoms with E-state index in [9.17, 15) is 33.6 Å².